The summed E-state index contributed by atoms with van der Waals surface area (Å²) in [7, 11) is 0. The summed E-state index contributed by atoms with van der Waals surface area (Å²) < 4.78 is 5.63. The van der Waals surface area contributed by atoms with Gasteiger partial charge < -0.3 is 9.64 Å². The Bertz CT molecular complexity index is 728. The Labute approximate surface area is 183 Å². The van der Waals surface area contributed by atoms with Crippen LogP contribution in [-0.4, -0.2) is 47.9 Å². The fraction of sp³-hybridized carbons (Fsp3) is 0.720. The van der Waals surface area contributed by atoms with E-state index in [2.05, 4.69) is 56.2 Å². The molecule has 168 valence electrons. The Kier molecular flexibility index (Phi) is 6.71. The van der Waals surface area contributed by atoms with Crippen molar-refractivity contribution in [2.45, 2.75) is 86.5 Å². The molecule has 1 aromatic carbocycles. The monoisotopic (exact) mass is 415 g/mol. The average Bonchev–Trinajstić information content (AvgIpc) is 2.83. The van der Waals surface area contributed by atoms with Crippen LogP contribution < -0.4 is 9.64 Å². The molecule has 2 fully saturated rings. The molecule has 0 radical (unpaired) electrons. The Balaban J connectivity index is 2.09. The minimum absolute atomic E-state index is 0.0190. The number of unbranched alkanes of at least 4 members (excludes halogenated alkanes) is 2. The number of nitrogens with zero attached hydrogens (tertiary/aromatic N) is 3. The molecule has 30 heavy (non-hydrogen) atoms. The number of rotatable bonds is 9. The van der Waals surface area contributed by atoms with E-state index in [1.807, 2.05) is 31.2 Å². The third kappa shape index (κ3) is 3.59. The summed E-state index contributed by atoms with van der Waals surface area (Å²) in [5.41, 5.74) is 0.885. The van der Waals surface area contributed by atoms with Crippen molar-refractivity contribution in [2.24, 2.45) is 10.8 Å². The number of ether oxygens (including phenoxy) is 1. The number of hydrogen-bond acceptors (Lipinski definition) is 3. The molecule has 2 atom stereocenters. The number of amides is 2. The number of fused-ring (bicyclic) bond motifs is 2. The molecule has 1 aromatic rings. The molecule has 0 N–H and O–H groups in total. The van der Waals surface area contributed by atoms with Crippen molar-refractivity contribution >= 4 is 11.7 Å². The van der Waals surface area contributed by atoms with Crippen LogP contribution in [0, 0.1) is 10.8 Å². The van der Waals surface area contributed by atoms with Crippen LogP contribution in [0.25, 0.3) is 0 Å². The van der Waals surface area contributed by atoms with Gasteiger partial charge in [-0.05, 0) is 44.0 Å². The van der Waals surface area contributed by atoms with Crippen molar-refractivity contribution in [3.8, 4) is 5.75 Å². The Hall–Kier alpha value is -1.75. The van der Waals surface area contributed by atoms with Crippen LogP contribution in [0.4, 0.5) is 10.5 Å². The minimum Gasteiger partial charge on any atom is -0.494 e. The molecule has 2 aliphatic heterocycles. The standard InChI is InChI=1S/C25H41N3O2/c1-8-11-17-26-21-24(4,5)25(6,7)22(26)28(23(29)27(21)18-12-9-2)19-13-15-20(16-14-19)30-10-3/h13-16,21-22H,8-12,17-18H2,1-7H3/t21-,22-/m0/s1. The predicted molar refractivity (Wildman–Crippen MR) is 124 cm³/mol. The highest BCUT2D eigenvalue weighted by Crippen LogP contribution is 2.58. The summed E-state index contributed by atoms with van der Waals surface area (Å²) in [6.07, 6.45) is 4.60. The summed E-state index contributed by atoms with van der Waals surface area (Å²) >= 11 is 0. The van der Waals surface area contributed by atoms with Crippen LogP contribution >= 0.6 is 0 Å². The number of benzene rings is 1. The highest BCUT2D eigenvalue weighted by atomic mass is 16.5. The number of carbonyl (C=O) groups is 1. The molecule has 0 unspecified atom stereocenters. The third-order valence-electron chi connectivity index (χ3n) is 7.52. The van der Waals surface area contributed by atoms with Crippen LogP contribution in [0.15, 0.2) is 24.3 Å². The van der Waals surface area contributed by atoms with Crippen LogP contribution in [0.1, 0.15) is 74.1 Å². The van der Waals surface area contributed by atoms with Gasteiger partial charge in [0.25, 0.3) is 0 Å². The van der Waals surface area contributed by atoms with Gasteiger partial charge in [-0.2, -0.15) is 0 Å². The zero-order valence-electron chi connectivity index (χ0n) is 20.1. The quantitative estimate of drug-likeness (QED) is 0.500. The third-order valence-corrected chi connectivity index (χ3v) is 7.52. The maximum Gasteiger partial charge on any atom is 0.327 e. The van der Waals surface area contributed by atoms with E-state index in [0.717, 1.165) is 50.2 Å². The van der Waals surface area contributed by atoms with Crippen molar-refractivity contribution < 1.29 is 9.53 Å². The molecule has 2 aliphatic rings. The van der Waals surface area contributed by atoms with E-state index in [9.17, 15) is 4.79 Å². The minimum atomic E-state index is -0.0549. The summed E-state index contributed by atoms with van der Waals surface area (Å²) in [5.74, 6) is 0.847. The molecule has 5 heteroatoms. The van der Waals surface area contributed by atoms with E-state index in [-0.39, 0.29) is 29.2 Å². The van der Waals surface area contributed by atoms with Gasteiger partial charge >= 0.3 is 6.03 Å². The lowest BCUT2D eigenvalue weighted by Gasteiger charge is -2.50. The smallest absolute Gasteiger partial charge is 0.327 e. The topological polar surface area (TPSA) is 36.0 Å². The van der Waals surface area contributed by atoms with Crippen molar-refractivity contribution in [1.29, 1.82) is 0 Å². The number of hydrogen-bond donors (Lipinski definition) is 0. The second-order valence-corrected chi connectivity index (χ2v) is 9.91. The fourth-order valence-electron chi connectivity index (χ4n) is 5.27. The number of urea groups is 1. The van der Waals surface area contributed by atoms with E-state index in [4.69, 9.17) is 4.74 Å². The van der Waals surface area contributed by atoms with Gasteiger partial charge in [-0.1, -0.05) is 54.4 Å². The molecule has 0 aliphatic carbocycles. The van der Waals surface area contributed by atoms with E-state index in [1.54, 1.807) is 0 Å². The predicted octanol–water partition coefficient (Wildman–Crippen LogP) is 5.95. The van der Waals surface area contributed by atoms with Crippen LogP contribution in [0.2, 0.25) is 0 Å². The Morgan fingerprint density at radius 2 is 1.43 bits per heavy atom. The first-order valence-corrected chi connectivity index (χ1v) is 11.8. The van der Waals surface area contributed by atoms with E-state index in [1.165, 1.54) is 0 Å². The van der Waals surface area contributed by atoms with Crippen molar-refractivity contribution in [1.82, 2.24) is 9.80 Å². The molecule has 2 bridgehead atoms. The lowest BCUT2D eigenvalue weighted by atomic mass is 9.67. The number of carbonyl (C=O) groups excluding carboxylic acids is 1. The molecule has 2 amide bonds. The largest absolute Gasteiger partial charge is 0.494 e. The van der Waals surface area contributed by atoms with Gasteiger partial charge in [0.15, 0.2) is 0 Å². The van der Waals surface area contributed by atoms with Crippen LogP contribution in [-0.2, 0) is 0 Å². The average molecular weight is 416 g/mol. The summed E-state index contributed by atoms with van der Waals surface area (Å²) in [6, 6.07) is 8.20. The summed E-state index contributed by atoms with van der Waals surface area (Å²) in [6.45, 7) is 18.3. The molecular formula is C25H41N3O2. The van der Waals surface area contributed by atoms with Gasteiger partial charge in [0.2, 0.25) is 0 Å². The van der Waals surface area contributed by atoms with Crippen molar-refractivity contribution in [3.05, 3.63) is 24.3 Å². The maximum atomic E-state index is 13.9. The van der Waals surface area contributed by atoms with Crippen LogP contribution in [0.3, 0.4) is 0 Å². The lowest BCUT2D eigenvalue weighted by Crippen LogP contribution is -2.67. The van der Waals surface area contributed by atoms with Gasteiger partial charge in [0.1, 0.15) is 5.75 Å². The van der Waals surface area contributed by atoms with Gasteiger partial charge in [0, 0.05) is 29.6 Å². The second-order valence-electron chi connectivity index (χ2n) is 9.91. The summed E-state index contributed by atoms with van der Waals surface area (Å²) in [5, 5.41) is 0. The molecule has 2 heterocycles. The maximum absolute atomic E-state index is 13.9. The Morgan fingerprint density at radius 3 is 2.00 bits per heavy atom. The first kappa shape index (κ1) is 22.9. The summed E-state index contributed by atoms with van der Waals surface area (Å²) in [4.78, 5) is 20.7. The van der Waals surface area contributed by atoms with Crippen LogP contribution in [0.5, 0.6) is 5.75 Å². The molecule has 3 rings (SSSR count). The molecule has 5 nitrogen and oxygen atoms in total. The molecule has 0 spiro atoms. The van der Waals surface area contributed by atoms with Gasteiger partial charge in [0.05, 0.1) is 18.9 Å². The Morgan fingerprint density at radius 1 is 0.867 bits per heavy atom. The first-order valence-electron chi connectivity index (χ1n) is 11.8. The number of anilines is 1. The van der Waals surface area contributed by atoms with E-state index < -0.39 is 0 Å². The zero-order valence-corrected chi connectivity index (χ0v) is 20.1. The van der Waals surface area contributed by atoms with Gasteiger partial charge in [-0.15, -0.1) is 0 Å². The SMILES string of the molecule is CCCCN1C(=O)N(c2ccc(OCC)cc2)[C@@H]2N(CCCC)[C@@H]1C(C)(C)C2(C)C. The van der Waals surface area contributed by atoms with E-state index >= 15 is 0 Å². The molecule has 0 aromatic heterocycles. The van der Waals surface area contributed by atoms with Gasteiger partial charge in [-0.3, -0.25) is 9.80 Å². The van der Waals surface area contributed by atoms with Gasteiger partial charge in [-0.25, -0.2) is 4.79 Å². The zero-order chi connectivity index (χ0) is 22.1. The lowest BCUT2D eigenvalue weighted by molar-refractivity contribution is 0.00886. The van der Waals surface area contributed by atoms with E-state index in [0.29, 0.717) is 6.61 Å². The molecule has 0 saturated carbocycles. The normalized spacial score (nSPS) is 25.1. The van der Waals surface area contributed by atoms with Crippen molar-refractivity contribution in [2.75, 3.05) is 24.6 Å². The van der Waals surface area contributed by atoms with Crippen molar-refractivity contribution in [3.63, 3.8) is 0 Å². The highest BCUT2D eigenvalue weighted by Gasteiger charge is 2.67. The first-order chi connectivity index (χ1) is 14.2. The fourth-order valence-corrected chi connectivity index (χ4v) is 5.27. The highest BCUT2D eigenvalue weighted by molar-refractivity contribution is 5.94. The molecule has 2 saturated heterocycles. The second kappa shape index (κ2) is 8.78. The molecular weight excluding hydrogens is 374 g/mol.